The van der Waals surface area contributed by atoms with Gasteiger partial charge >= 0.3 is 6.61 Å². The number of ether oxygens (including phenoxy) is 2. The van der Waals surface area contributed by atoms with Crippen LogP contribution < -0.4 is 9.47 Å². The van der Waals surface area contributed by atoms with Crippen LogP contribution in [0.2, 0.25) is 0 Å². The van der Waals surface area contributed by atoms with Gasteiger partial charge in [0.15, 0.2) is 0 Å². The standard InChI is InChI=1S/C15H13BrF2O3/c1-20-13-7-4-10(16)8-12(13)14(19)9-2-5-11(6-3-9)21-15(17)18/h2-8,14-15,19H,1H3. The summed E-state index contributed by atoms with van der Waals surface area (Å²) in [5, 5.41) is 10.4. The molecule has 0 saturated carbocycles. The Labute approximate surface area is 129 Å². The van der Waals surface area contributed by atoms with E-state index in [0.29, 0.717) is 16.9 Å². The van der Waals surface area contributed by atoms with Crippen LogP contribution in [0.25, 0.3) is 0 Å². The zero-order valence-corrected chi connectivity index (χ0v) is 12.7. The predicted octanol–water partition coefficient (Wildman–Crippen LogP) is 4.14. The molecule has 1 unspecified atom stereocenters. The van der Waals surface area contributed by atoms with Crippen LogP contribution in [0, 0.1) is 0 Å². The molecule has 2 aromatic rings. The second-order valence-corrected chi connectivity index (χ2v) is 5.15. The van der Waals surface area contributed by atoms with Gasteiger partial charge in [-0.3, -0.25) is 0 Å². The van der Waals surface area contributed by atoms with Crippen LogP contribution in [0.5, 0.6) is 11.5 Å². The van der Waals surface area contributed by atoms with Crippen molar-refractivity contribution >= 4 is 15.9 Å². The lowest BCUT2D eigenvalue weighted by Gasteiger charge is -2.16. The predicted molar refractivity (Wildman–Crippen MR) is 77.8 cm³/mol. The van der Waals surface area contributed by atoms with E-state index in [9.17, 15) is 13.9 Å². The minimum Gasteiger partial charge on any atom is -0.496 e. The van der Waals surface area contributed by atoms with Crippen LogP contribution in [-0.4, -0.2) is 18.8 Å². The maximum atomic E-state index is 12.1. The quantitative estimate of drug-likeness (QED) is 0.872. The Morgan fingerprint density at radius 3 is 2.33 bits per heavy atom. The smallest absolute Gasteiger partial charge is 0.387 e. The fourth-order valence-corrected chi connectivity index (χ4v) is 2.31. The topological polar surface area (TPSA) is 38.7 Å². The summed E-state index contributed by atoms with van der Waals surface area (Å²) in [5.41, 5.74) is 1.13. The molecule has 0 aliphatic carbocycles. The molecular weight excluding hydrogens is 346 g/mol. The first-order chi connectivity index (χ1) is 10.0. The number of hydrogen-bond donors (Lipinski definition) is 1. The Kier molecular flexibility index (Phi) is 5.14. The number of halogens is 3. The lowest BCUT2D eigenvalue weighted by molar-refractivity contribution is -0.0498. The van der Waals surface area contributed by atoms with Crippen molar-refractivity contribution in [3.63, 3.8) is 0 Å². The molecule has 1 atom stereocenters. The summed E-state index contributed by atoms with van der Waals surface area (Å²) in [7, 11) is 1.51. The molecule has 0 aliphatic rings. The van der Waals surface area contributed by atoms with Crippen LogP contribution in [0.4, 0.5) is 8.78 Å². The van der Waals surface area contributed by atoms with E-state index in [1.54, 1.807) is 18.2 Å². The SMILES string of the molecule is COc1ccc(Br)cc1C(O)c1ccc(OC(F)F)cc1. The van der Waals surface area contributed by atoms with Crippen LogP contribution in [0.1, 0.15) is 17.2 Å². The molecular formula is C15H13BrF2O3. The number of hydrogen-bond acceptors (Lipinski definition) is 3. The van der Waals surface area contributed by atoms with Gasteiger partial charge in [0.25, 0.3) is 0 Å². The zero-order valence-electron chi connectivity index (χ0n) is 11.1. The number of alkyl halides is 2. The molecule has 0 spiro atoms. The van der Waals surface area contributed by atoms with Gasteiger partial charge in [0.05, 0.1) is 7.11 Å². The van der Waals surface area contributed by atoms with Crippen LogP contribution in [0.15, 0.2) is 46.9 Å². The Bertz CT molecular complexity index is 602. The van der Waals surface area contributed by atoms with E-state index >= 15 is 0 Å². The van der Waals surface area contributed by atoms with E-state index in [2.05, 4.69) is 20.7 Å². The van der Waals surface area contributed by atoms with E-state index in [4.69, 9.17) is 4.74 Å². The second kappa shape index (κ2) is 6.87. The van der Waals surface area contributed by atoms with Crippen molar-refractivity contribution in [2.45, 2.75) is 12.7 Å². The molecule has 2 rings (SSSR count). The van der Waals surface area contributed by atoms with Crippen molar-refractivity contribution in [2.24, 2.45) is 0 Å². The first-order valence-corrected chi connectivity index (χ1v) is 6.87. The summed E-state index contributed by atoms with van der Waals surface area (Å²) in [6, 6.07) is 11.1. The summed E-state index contributed by atoms with van der Waals surface area (Å²) in [4.78, 5) is 0. The Hall–Kier alpha value is -1.66. The summed E-state index contributed by atoms with van der Waals surface area (Å²) in [6.07, 6.45) is -0.932. The molecule has 0 fully saturated rings. The number of benzene rings is 2. The zero-order chi connectivity index (χ0) is 15.4. The first-order valence-electron chi connectivity index (χ1n) is 6.07. The molecule has 0 bridgehead atoms. The van der Waals surface area contributed by atoms with Gasteiger partial charge in [0.1, 0.15) is 17.6 Å². The van der Waals surface area contributed by atoms with Gasteiger partial charge in [-0.2, -0.15) is 8.78 Å². The summed E-state index contributed by atoms with van der Waals surface area (Å²) in [5.74, 6) is 0.584. The molecule has 0 amide bonds. The average molecular weight is 359 g/mol. The van der Waals surface area contributed by atoms with Gasteiger partial charge in [-0.25, -0.2) is 0 Å². The van der Waals surface area contributed by atoms with Gasteiger partial charge < -0.3 is 14.6 Å². The molecule has 2 aromatic carbocycles. The maximum absolute atomic E-state index is 12.1. The van der Waals surface area contributed by atoms with E-state index in [0.717, 1.165) is 4.47 Å². The number of methoxy groups -OCH3 is 1. The Morgan fingerprint density at radius 2 is 1.76 bits per heavy atom. The van der Waals surface area contributed by atoms with Crippen molar-refractivity contribution < 1.29 is 23.4 Å². The van der Waals surface area contributed by atoms with Crippen LogP contribution in [0.3, 0.4) is 0 Å². The van der Waals surface area contributed by atoms with Crippen molar-refractivity contribution in [1.29, 1.82) is 0 Å². The van der Waals surface area contributed by atoms with Crippen molar-refractivity contribution in [3.8, 4) is 11.5 Å². The van der Waals surface area contributed by atoms with Crippen molar-refractivity contribution in [1.82, 2.24) is 0 Å². The fourth-order valence-electron chi connectivity index (χ4n) is 1.93. The van der Waals surface area contributed by atoms with Gasteiger partial charge in [-0.1, -0.05) is 28.1 Å². The highest BCUT2D eigenvalue weighted by molar-refractivity contribution is 9.10. The molecule has 0 aliphatic heterocycles. The minimum atomic E-state index is -2.87. The molecule has 3 nitrogen and oxygen atoms in total. The van der Waals surface area contributed by atoms with Gasteiger partial charge in [0.2, 0.25) is 0 Å². The second-order valence-electron chi connectivity index (χ2n) is 4.24. The number of aliphatic hydroxyl groups is 1. The summed E-state index contributed by atoms with van der Waals surface area (Å²) < 4.78 is 34.5. The molecule has 0 aromatic heterocycles. The highest BCUT2D eigenvalue weighted by Crippen LogP contribution is 2.33. The summed E-state index contributed by atoms with van der Waals surface area (Å²) in [6.45, 7) is -2.87. The van der Waals surface area contributed by atoms with E-state index < -0.39 is 12.7 Å². The molecule has 1 N–H and O–H groups in total. The first kappa shape index (κ1) is 15.7. The van der Waals surface area contributed by atoms with Crippen LogP contribution >= 0.6 is 15.9 Å². The minimum absolute atomic E-state index is 0.0437. The van der Waals surface area contributed by atoms with E-state index in [1.165, 1.54) is 31.4 Å². The normalized spacial score (nSPS) is 12.3. The highest BCUT2D eigenvalue weighted by atomic mass is 79.9. The van der Waals surface area contributed by atoms with E-state index in [1.807, 2.05) is 0 Å². The summed E-state index contributed by atoms with van der Waals surface area (Å²) >= 11 is 3.34. The highest BCUT2D eigenvalue weighted by Gasteiger charge is 2.16. The van der Waals surface area contributed by atoms with Gasteiger partial charge in [-0.05, 0) is 35.9 Å². The monoisotopic (exact) mass is 358 g/mol. The molecule has 6 heteroatoms. The largest absolute Gasteiger partial charge is 0.496 e. The molecule has 0 saturated heterocycles. The molecule has 112 valence electrons. The van der Waals surface area contributed by atoms with Crippen molar-refractivity contribution in [3.05, 3.63) is 58.1 Å². The lowest BCUT2D eigenvalue weighted by Crippen LogP contribution is -2.04. The molecule has 0 radical (unpaired) electrons. The van der Waals surface area contributed by atoms with E-state index in [-0.39, 0.29) is 5.75 Å². The van der Waals surface area contributed by atoms with Crippen LogP contribution in [-0.2, 0) is 0 Å². The Morgan fingerprint density at radius 1 is 1.10 bits per heavy atom. The molecule has 0 heterocycles. The Balaban J connectivity index is 2.27. The van der Waals surface area contributed by atoms with Crippen molar-refractivity contribution in [2.75, 3.05) is 7.11 Å². The third-order valence-electron chi connectivity index (χ3n) is 2.91. The third-order valence-corrected chi connectivity index (χ3v) is 3.40. The van der Waals surface area contributed by atoms with Gasteiger partial charge in [-0.15, -0.1) is 0 Å². The maximum Gasteiger partial charge on any atom is 0.387 e. The average Bonchev–Trinajstić information content (AvgIpc) is 2.46. The fraction of sp³-hybridized carbons (Fsp3) is 0.200. The third kappa shape index (κ3) is 3.92. The molecule has 21 heavy (non-hydrogen) atoms. The van der Waals surface area contributed by atoms with Gasteiger partial charge in [0, 0.05) is 10.0 Å². The number of aliphatic hydroxyl groups excluding tert-OH is 1. The number of rotatable bonds is 5. The lowest BCUT2D eigenvalue weighted by atomic mass is 10.0.